The van der Waals surface area contributed by atoms with Crippen LogP contribution in [-0.4, -0.2) is 73.3 Å². The zero-order chi connectivity index (χ0) is 34.6. The Balaban J connectivity index is 0.000000242. The highest BCUT2D eigenvalue weighted by Gasteiger charge is 2.22. The molecule has 5 rings (SSSR count). The fourth-order valence-electron chi connectivity index (χ4n) is 5.14. The van der Waals surface area contributed by atoms with Crippen molar-refractivity contribution in [2.75, 3.05) is 40.3 Å². The van der Waals surface area contributed by atoms with Crippen molar-refractivity contribution in [3.63, 3.8) is 0 Å². The Morgan fingerprint density at radius 1 is 0.957 bits per heavy atom. The predicted molar refractivity (Wildman–Crippen MR) is 190 cm³/mol. The van der Waals surface area contributed by atoms with E-state index in [0.717, 1.165) is 49.5 Å². The van der Waals surface area contributed by atoms with Crippen molar-refractivity contribution in [1.82, 2.24) is 20.2 Å². The molecule has 1 fully saturated rings. The number of carbonyl (C=O) groups is 2. The van der Waals surface area contributed by atoms with E-state index in [1.807, 2.05) is 82.1 Å². The van der Waals surface area contributed by atoms with Crippen molar-refractivity contribution >= 4 is 18.1 Å². The Morgan fingerprint density at radius 3 is 2.09 bits per heavy atom. The summed E-state index contributed by atoms with van der Waals surface area (Å²) >= 11 is 0. The lowest BCUT2D eigenvalue weighted by Gasteiger charge is -2.29. The number of amides is 1. The number of ether oxygens (including phenoxy) is 1. The van der Waals surface area contributed by atoms with Gasteiger partial charge in [0.1, 0.15) is 29.4 Å². The molecule has 0 aromatic heterocycles. The lowest BCUT2D eigenvalue weighted by atomic mass is 10.1. The van der Waals surface area contributed by atoms with Crippen LogP contribution in [0.15, 0.2) is 72.4 Å². The monoisotopic (exact) mass is 643 g/mol. The SMILES string of the molecule is CCC(=C=O)N(C)N1Cc2ccccc2C1.CCC(=O)NCCN1CCCC1.CN.Cc1ccc(Oc2ccc(C=O)cc2C)cc1. The van der Waals surface area contributed by atoms with E-state index in [9.17, 15) is 14.4 Å². The summed E-state index contributed by atoms with van der Waals surface area (Å²) < 4.78 is 5.75. The predicted octanol–water partition coefficient (Wildman–Crippen LogP) is 6.07. The van der Waals surface area contributed by atoms with Crippen molar-refractivity contribution in [3.05, 3.63) is 100 Å². The summed E-state index contributed by atoms with van der Waals surface area (Å²) in [5, 5.41) is 6.96. The number of allylic oxidation sites excluding steroid dienone is 1. The normalized spacial score (nSPS) is 13.3. The maximum Gasteiger partial charge on any atom is 0.219 e. The van der Waals surface area contributed by atoms with Crippen LogP contribution in [0.5, 0.6) is 11.5 Å². The number of hydrogen-bond donors (Lipinski definition) is 2. The molecule has 0 aliphatic carbocycles. The van der Waals surface area contributed by atoms with Crippen LogP contribution in [0.1, 0.15) is 72.1 Å². The van der Waals surface area contributed by atoms with Gasteiger partial charge in [-0.25, -0.2) is 9.80 Å². The third-order valence-electron chi connectivity index (χ3n) is 7.95. The molecule has 254 valence electrons. The highest BCUT2D eigenvalue weighted by atomic mass is 16.5. The van der Waals surface area contributed by atoms with Gasteiger partial charge in [0.05, 0.1) is 0 Å². The Hall–Kier alpha value is -4.27. The van der Waals surface area contributed by atoms with Gasteiger partial charge < -0.3 is 25.7 Å². The molecular weight excluding hydrogens is 590 g/mol. The molecule has 0 bridgehead atoms. The van der Waals surface area contributed by atoms with Crippen LogP contribution in [0.25, 0.3) is 0 Å². The number of nitrogens with two attached hydrogens (primary N) is 1. The van der Waals surface area contributed by atoms with Gasteiger partial charge in [0.15, 0.2) is 0 Å². The smallest absolute Gasteiger partial charge is 0.219 e. The molecule has 1 amide bonds. The molecule has 3 N–H and O–H groups in total. The summed E-state index contributed by atoms with van der Waals surface area (Å²) in [7, 11) is 3.43. The van der Waals surface area contributed by atoms with E-state index in [2.05, 4.69) is 45.2 Å². The quantitative estimate of drug-likeness (QED) is 0.203. The number of rotatable bonds is 10. The second kappa shape index (κ2) is 21.5. The van der Waals surface area contributed by atoms with Crippen molar-refractivity contribution in [2.24, 2.45) is 5.73 Å². The molecule has 2 aliphatic heterocycles. The summed E-state index contributed by atoms with van der Waals surface area (Å²) in [5.41, 5.74) is 10.7. The molecule has 3 aromatic rings. The minimum Gasteiger partial charge on any atom is -0.457 e. The summed E-state index contributed by atoms with van der Waals surface area (Å²) in [6.07, 6.45) is 4.79. The fourth-order valence-corrected chi connectivity index (χ4v) is 5.14. The van der Waals surface area contributed by atoms with Crippen LogP contribution in [0, 0.1) is 13.8 Å². The average molecular weight is 644 g/mol. The number of benzene rings is 3. The van der Waals surface area contributed by atoms with E-state index in [4.69, 9.17) is 4.74 Å². The van der Waals surface area contributed by atoms with Crippen LogP contribution in [0.4, 0.5) is 0 Å². The van der Waals surface area contributed by atoms with Crippen LogP contribution < -0.4 is 15.8 Å². The number of nitrogens with zero attached hydrogens (tertiary/aromatic N) is 3. The Morgan fingerprint density at radius 2 is 1.57 bits per heavy atom. The summed E-state index contributed by atoms with van der Waals surface area (Å²) in [5.74, 6) is 3.75. The van der Waals surface area contributed by atoms with E-state index in [1.54, 1.807) is 6.07 Å². The number of fused-ring (bicyclic) bond motifs is 1. The third kappa shape index (κ3) is 13.2. The first-order chi connectivity index (χ1) is 22.8. The molecule has 0 radical (unpaired) electrons. The van der Waals surface area contributed by atoms with Crippen LogP contribution in [-0.2, 0) is 22.7 Å². The topological polar surface area (TPSA) is 108 Å². The molecular formula is C38H53N5O4. The van der Waals surface area contributed by atoms with Gasteiger partial charge in [0, 0.05) is 45.2 Å². The lowest BCUT2D eigenvalue weighted by Crippen LogP contribution is -2.35. The maximum atomic E-state index is 10.9. The standard InChI is InChI=1S/C15H14O2.C13H16N2O.C9H18N2O.CH5N/c1-11-3-6-14(7-4-11)17-15-8-5-13(10-16)9-12(15)2;1-3-13(10-16)14(2)15-8-11-6-4-5-7-12(11)9-15;1-2-9(12)10-5-8-11-6-3-4-7-11;1-2/h3-10H,1-2H3;4-7H,3,8-9H2,1-2H3;2-8H2,1H3,(H,10,12);2H2,1H3. The Labute approximate surface area is 281 Å². The summed E-state index contributed by atoms with van der Waals surface area (Å²) in [6.45, 7) is 13.8. The lowest BCUT2D eigenvalue weighted by molar-refractivity contribution is -0.120. The first kappa shape index (κ1) is 38.9. The number of nitrogens with one attached hydrogen (secondary N) is 1. The van der Waals surface area contributed by atoms with E-state index in [-0.39, 0.29) is 5.91 Å². The maximum absolute atomic E-state index is 10.9. The summed E-state index contributed by atoms with van der Waals surface area (Å²) in [6, 6.07) is 21.6. The van der Waals surface area contributed by atoms with E-state index >= 15 is 0 Å². The van der Waals surface area contributed by atoms with Gasteiger partial charge in [-0.1, -0.05) is 55.8 Å². The van der Waals surface area contributed by atoms with Gasteiger partial charge in [0.25, 0.3) is 0 Å². The molecule has 1 saturated heterocycles. The average Bonchev–Trinajstić information content (AvgIpc) is 3.79. The molecule has 9 nitrogen and oxygen atoms in total. The molecule has 0 unspecified atom stereocenters. The van der Waals surface area contributed by atoms with Crippen LogP contribution in [0.2, 0.25) is 0 Å². The van der Waals surface area contributed by atoms with E-state index < -0.39 is 0 Å². The van der Waals surface area contributed by atoms with Crippen LogP contribution >= 0.6 is 0 Å². The number of likely N-dealkylation sites (tertiary alicyclic amines) is 1. The number of aryl methyl sites for hydroxylation is 2. The molecule has 0 spiro atoms. The highest BCUT2D eigenvalue weighted by molar-refractivity contribution is 5.76. The third-order valence-corrected chi connectivity index (χ3v) is 7.95. The number of carbonyl (C=O) groups excluding carboxylic acids is 3. The zero-order valence-electron chi connectivity index (χ0n) is 29.1. The Kier molecular flexibility index (Phi) is 17.8. The first-order valence-corrected chi connectivity index (χ1v) is 16.4. The van der Waals surface area contributed by atoms with E-state index in [1.165, 1.54) is 49.7 Å². The van der Waals surface area contributed by atoms with Crippen LogP contribution in [0.3, 0.4) is 0 Å². The number of hydrazine groups is 1. The Bertz CT molecular complexity index is 1410. The van der Waals surface area contributed by atoms with Gasteiger partial charge in [-0.3, -0.25) is 9.59 Å². The van der Waals surface area contributed by atoms with E-state index in [0.29, 0.717) is 24.1 Å². The molecule has 3 aromatic carbocycles. The van der Waals surface area contributed by atoms with Gasteiger partial charge in [-0.05, 0) is 100 Å². The molecule has 0 atom stereocenters. The van der Waals surface area contributed by atoms with Gasteiger partial charge in [-0.2, -0.15) is 0 Å². The minimum absolute atomic E-state index is 0.161. The molecule has 47 heavy (non-hydrogen) atoms. The first-order valence-electron chi connectivity index (χ1n) is 16.4. The molecule has 9 heteroatoms. The minimum atomic E-state index is 0.161. The van der Waals surface area contributed by atoms with Gasteiger partial charge in [-0.15, -0.1) is 0 Å². The largest absolute Gasteiger partial charge is 0.457 e. The second-order valence-corrected chi connectivity index (χ2v) is 11.3. The summed E-state index contributed by atoms with van der Waals surface area (Å²) in [4.78, 5) is 34.7. The van der Waals surface area contributed by atoms with Gasteiger partial charge in [0.2, 0.25) is 5.91 Å². The van der Waals surface area contributed by atoms with Crippen molar-refractivity contribution in [2.45, 2.75) is 66.5 Å². The molecule has 0 saturated carbocycles. The van der Waals surface area contributed by atoms with Gasteiger partial charge >= 0.3 is 0 Å². The van der Waals surface area contributed by atoms with Crippen molar-refractivity contribution in [1.29, 1.82) is 0 Å². The van der Waals surface area contributed by atoms with Crippen molar-refractivity contribution in [3.8, 4) is 11.5 Å². The van der Waals surface area contributed by atoms with Crippen molar-refractivity contribution < 1.29 is 19.1 Å². The highest BCUT2D eigenvalue weighted by Crippen LogP contribution is 2.26. The fraction of sp³-hybridized carbons (Fsp3) is 0.421. The number of hydrogen-bond acceptors (Lipinski definition) is 8. The molecule has 2 heterocycles. The molecule has 2 aliphatic rings. The zero-order valence-corrected chi connectivity index (χ0v) is 29.1. The second-order valence-electron chi connectivity index (χ2n) is 11.3. The number of aldehydes is 1.